The molecule has 0 aliphatic carbocycles. The maximum Gasteiger partial charge on any atom is 0.251 e. The minimum absolute atomic E-state index is 0.0547. The molecule has 1 aliphatic rings. The zero-order valence-electron chi connectivity index (χ0n) is 12.1. The Kier molecular flexibility index (Phi) is 5.89. The first kappa shape index (κ1) is 18.0. The lowest BCUT2D eigenvalue weighted by atomic mass is 10.1. The Morgan fingerprint density at radius 1 is 1.13 bits per heavy atom. The Morgan fingerprint density at radius 2 is 1.83 bits per heavy atom. The third kappa shape index (κ3) is 5.09. The number of halogens is 2. The first-order valence-corrected chi connectivity index (χ1v) is 9.57. The highest BCUT2D eigenvalue weighted by atomic mass is 35.5. The predicted molar refractivity (Wildman–Crippen MR) is 88.6 cm³/mol. The zero-order chi connectivity index (χ0) is 17.0. The second-order valence-corrected chi connectivity index (χ2v) is 8.32. The Balaban J connectivity index is 1.73. The van der Waals surface area contributed by atoms with E-state index in [1.54, 1.807) is 6.07 Å². The highest BCUT2D eigenvalue weighted by Gasteiger charge is 2.32. The molecule has 0 radical (unpaired) electrons. The summed E-state index contributed by atoms with van der Waals surface area (Å²) in [4.78, 5) is 23.7. The molecular weight excluding hydrogens is 363 g/mol. The van der Waals surface area contributed by atoms with Crippen LogP contribution in [0.3, 0.4) is 0 Å². The van der Waals surface area contributed by atoms with Crippen LogP contribution in [0.25, 0.3) is 0 Å². The minimum Gasteiger partial charge on any atom is -0.354 e. The number of rotatable bonds is 5. The van der Waals surface area contributed by atoms with Crippen LogP contribution < -0.4 is 10.6 Å². The smallest absolute Gasteiger partial charge is 0.251 e. The van der Waals surface area contributed by atoms with Gasteiger partial charge in [0.2, 0.25) is 5.91 Å². The average Bonchev–Trinajstić information content (AvgIpc) is 2.86. The normalized spacial score (nSPS) is 19.3. The van der Waals surface area contributed by atoms with E-state index in [2.05, 4.69) is 10.6 Å². The van der Waals surface area contributed by atoms with Gasteiger partial charge in [0, 0.05) is 18.7 Å². The molecule has 2 N–H and O–H groups in total. The van der Waals surface area contributed by atoms with Crippen molar-refractivity contribution in [2.24, 2.45) is 5.92 Å². The van der Waals surface area contributed by atoms with E-state index in [0.29, 0.717) is 17.0 Å². The number of nitrogens with one attached hydrogen (secondary N) is 2. The van der Waals surface area contributed by atoms with Gasteiger partial charge < -0.3 is 10.6 Å². The van der Waals surface area contributed by atoms with Gasteiger partial charge in [0.15, 0.2) is 9.84 Å². The molecule has 0 bridgehead atoms. The van der Waals surface area contributed by atoms with Gasteiger partial charge in [0.1, 0.15) is 0 Å². The fourth-order valence-corrected chi connectivity index (χ4v) is 4.29. The maximum atomic E-state index is 11.9. The van der Waals surface area contributed by atoms with Crippen molar-refractivity contribution in [3.8, 4) is 0 Å². The van der Waals surface area contributed by atoms with E-state index in [0.717, 1.165) is 0 Å². The monoisotopic (exact) mass is 378 g/mol. The molecule has 2 amide bonds. The zero-order valence-corrected chi connectivity index (χ0v) is 14.5. The maximum absolute atomic E-state index is 11.9. The highest BCUT2D eigenvalue weighted by Crippen LogP contribution is 2.22. The van der Waals surface area contributed by atoms with Gasteiger partial charge in [-0.1, -0.05) is 23.2 Å². The van der Waals surface area contributed by atoms with Crippen LogP contribution in [0.5, 0.6) is 0 Å². The molecule has 1 fully saturated rings. The van der Waals surface area contributed by atoms with Crippen molar-refractivity contribution in [3.05, 3.63) is 33.8 Å². The fourth-order valence-electron chi connectivity index (χ4n) is 2.25. The molecule has 126 valence electrons. The highest BCUT2D eigenvalue weighted by molar-refractivity contribution is 7.91. The number of amides is 2. The van der Waals surface area contributed by atoms with Gasteiger partial charge in [-0.25, -0.2) is 8.42 Å². The SMILES string of the molecule is O=C(NCCNC(=O)C1CCS(=O)(=O)C1)c1ccc(Cl)c(Cl)c1. The van der Waals surface area contributed by atoms with E-state index < -0.39 is 15.8 Å². The van der Waals surface area contributed by atoms with Crippen LogP contribution in [0, 0.1) is 5.92 Å². The van der Waals surface area contributed by atoms with Crippen molar-refractivity contribution >= 4 is 44.9 Å². The van der Waals surface area contributed by atoms with Crippen LogP contribution in [0.1, 0.15) is 16.8 Å². The van der Waals surface area contributed by atoms with Crippen LogP contribution >= 0.6 is 23.2 Å². The van der Waals surface area contributed by atoms with Gasteiger partial charge in [-0.15, -0.1) is 0 Å². The number of hydrogen-bond donors (Lipinski definition) is 2. The van der Waals surface area contributed by atoms with E-state index >= 15 is 0 Å². The summed E-state index contributed by atoms with van der Waals surface area (Å²) in [5.41, 5.74) is 0.368. The lowest BCUT2D eigenvalue weighted by Crippen LogP contribution is -2.37. The summed E-state index contributed by atoms with van der Waals surface area (Å²) in [5, 5.41) is 5.91. The summed E-state index contributed by atoms with van der Waals surface area (Å²) in [6.45, 7) is 0.451. The van der Waals surface area contributed by atoms with Crippen molar-refractivity contribution in [2.75, 3.05) is 24.6 Å². The van der Waals surface area contributed by atoms with E-state index in [4.69, 9.17) is 23.2 Å². The first-order valence-electron chi connectivity index (χ1n) is 7.00. The van der Waals surface area contributed by atoms with E-state index in [1.807, 2.05) is 0 Å². The van der Waals surface area contributed by atoms with Gasteiger partial charge in [0.25, 0.3) is 5.91 Å². The molecule has 1 heterocycles. The molecule has 1 atom stereocenters. The van der Waals surface area contributed by atoms with E-state index in [-0.39, 0.29) is 41.4 Å². The number of carbonyl (C=O) groups is 2. The van der Waals surface area contributed by atoms with Crippen LogP contribution in [0.15, 0.2) is 18.2 Å². The predicted octanol–water partition coefficient (Wildman–Crippen LogP) is 1.27. The molecule has 0 saturated carbocycles. The number of hydrogen-bond acceptors (Lipinski definition) is 4. The fraction of sp³-hybridized carbons (Fsp3) is 0.429. The summed E-state index contributed by atoms with van der Waals surface area (Å²) in [6.07, 6.45) is 0.351. The Labute approximate surface area is 144 Å². The Morgan fingerprint density at radius 3 is 2.43 bits per heavy atom. The van der Waals surface area contributed by atoms with Gasteiger partial charge in [-0.2, -0.15) is 0 Å². The van der Waals surface area contributed by atoms with Gasteiger partial charge in [0.05, 0.1) is 27.5 Å². The third-order valence-electron chi connectivity index (χ3n) is 3.49. The Hall–Kier alpha value is -1.31. The lowest BCUT2D eigenvalue weighted by molar-refractivity contribution is -0.124. The molecule has 1 aliphatic heterocycles. The van der Waals surface area contributed by atoms with E-state index in [1.165, 1.54) is 12.1 Å². The molecule has 0 spiro atoms. The van der Waals surface area contributed by atoms with Gasteiger partial charge >= 0.3 is 0 Å². The molecule has 9 heteroatoms. The second kappa shape index (κ2) is 7.51. The van der Waals surface area contributed by atoms with Crippen LogP contribution in [-0.4, -0.2) is 44.8 Å². The average molecular weight is 379 g/mol. The van der Waals surface area contributed by atoms with Crippen molar-refractivity contribution in [3.63, 3.8) is 0 Å². The molecule has 6 nitrogen and oxygen atoms in total. The molecule has 2 rings (SSSR count). The molecule has 1 saturated heterocycles. The summed E-state index contributed by atoms with van der Waals surface area (Å²) < 4.78 is 22.6. The summed E-state index contributed by atoms with van der Waals surface area (Å²) in [7, 11) is -3.08. The quantitative estimate of drug-likeness (QED) is 0.754. The minimum atomic E-state index is -3.08. The van der Waals surface area contributed by atoms with Crippen LogP contribution in [-0.2, 0) is 14.6 Å². The molecule has 1 aromatic carbocycles. The van der Waals surface area contributed by atoms with Crippen molar-refractivity contribution < 1.29 is 18.0 Å². The molecule has 1 aromatic rings. The van der Waals surface area contributed by atoms with Crippen LogP contribution in [0.2, 0.25) is 10.0 Å². The van der Waals surface area contributed by atoms with Gasteiger partial charge in [-0.05, 0) is 24.6 Å². The van der Waals surface area contributed by atoms with Gasteiger partial charge in [-0.3, -0.25) is 9.59 Å². The molecular formula is C14H16Cl2N2O4S. The topological polar surface area (TPSA) is 92.3 Å². The molecule has 23 heavy (non-hydrogen) atoms. The molecule has 1 unspecified atom stereocenters. The summed E-state index contributed by atoms with van der Waals surface area (Å²) >= 11 is 11.6. The first-order chi connectivity index (χ1) is 10.8. The Bertz CT molecular complexity index is 721. The number of carbonyl (C=O) groups excluding carboxylic acids is 2. The summed E-state index contributed by atoms with van der Waals surface area (Å²) in [6, 6.07) is 4.54. The lowest BCUT2D eigenvalue weighted by Gasteiger charge is -2.10. The van der Waals surface area contributed by atoms with Crippen LogP contribution in [0.4, 0.5) is 0 Å². The second-order valence-electron chi connectivity index (χ2n) is 5.28. The largest absolute Gasteiger partial charge is 0.354 e. The number of sulfone groups is 1. The van der Waals surface area contributed by atoms with Crippen molar-refractivity contribution in [1.82, 2.24) is 10.6 Å². The summed E-state index contributed by atoms with van der Waals surface area (Å²) in [5.74, 6) is -1.17. The third-order valence-corrected chi connectivity index (χ3v) is 6.00. The standard InChI is InChI=1S/C14H16Cl2N2O4S/c15-11-2-1-9(7-12(11)16)13(19)17-4-5-18-14(20)10-3-6-23(21,22)8-10/h1-2,7,10H,3-6,8H2,(H,17,19)(H,18,20). The van der Waals surface area contributed by atoms with E-state index in [9.17, 15) is 18.0 Å². The van der Waals surface area contributed by atoms with Crippen molar-refractivity contribution in [1.29, 1.82) is 0 Å². The number of benzene rings is 1. The molecule has 0 aromatic heterocycles. The van der Waals surface area contributed by atoms with Crippen molar-refractivity contribution in [2.45, 2.75) is 6.42 Å².